The van der Waals surface area contributed by atoms with E-state index in [1.54, 1.807) is 35.5 Å². The van der Waals surface area contributed by atoms with E-state index in [-0.39, 0.29) is 6.04 Å². The van der Waals surface area contributed by atoms with Crippen molar-refractivity contribution in [3.63, 3.8) is 0 Å². The number of aliphatic imine (C=N–C) groups is 1. The summed E-state index contributed by atoms with van der Waals surface area (Å²) in [5.74, 6) is 3.49. The van der Waals surface area contributed by atoms with Crippen LogP contribution in [0, 0.1) is 0 Å². The van der Waals surface area contributed by atoms with Gasteiger partial charge in [0.2, 0.25) is 5.75 Å². The van der Waals surface area contributed by atoms with Crippen LogP contribution in [0.2, 0.25) is 0 Å². The van der Waals surface area contributed by atoms with Crippen molar-refractivity contribution >= 4 is 11.6 Å². The lowest BCUT2D eigenvalue weighted by molar-refractivity contribution is 0.322. The summed E-state index contributed by atoms with van der Waals surface area (Å²) in [6.07, 6.45) is 1.01. The normalized spacial score (nSPS) is 16.1. The number of ether oxygens (including phenoxy) is 4. The molecule has 1 aliphatic rings. The van der Waals surface area contributed by atoms with Crippen LogP contribution < -0.4 is 34.5 Å². The molecule has 8 heteroatoms. The number of benzene rings is 2. The van der Waals surface area contributed by atoms with Gasteiger partial charge in [0.25, 0.3) is 0 Å². The highest BCUT2D eigenvalue weighted by Gasteiger charge is 2.25. The van der Waals surface area contributed by atoms with Crippen LogP contribution in [0.15, 0.2) is 41.4 Å². The molecule has 2 aromatic carbocycles. The van der Waals surface area contributed by atoms with Gasteiger partial charge in [-0.3, -0.25) is 4.99 Å². The maximum atomic E-state index is 5.57. The van der Waals surface area contributed by atoms with Gasteiger partial charge in [0.05, 0.1) is 34.1 Å². The molecule has 31 heavy (non-hydrogen) atoms. The number of nitrogens with one attached hydrogen (secondary N) is 2. The summed E-state index contributed by atoms with van der Waals surface area (Å²) < 4.78 is 21.9. The highest BCUT2D eigenvalue weighted by Crippen LogP contribution is 2.39. The van der Waals surface area contributed by atoms with E-state index in [0.29, 0.717) is 23.8 Å². The monoisotopic (exact) mass is 428 g/mol. The van der Waals surface area contributed by atoms with Crippen LogP contribution >= 0.6 is 0 Å². The van der Waals surface area contributed by atoms with Gasteiger partial charge in [0.15, 0.2) is 17.5 Å². The first-order valence-electron chi connectivity index (χ1n) is 10.3. The molecule has 0 spiro atoms. The molecule has 168 valence electrons. The number of guanidine groups is 1. The zero-order valence-corrected chi connectivity index (χ0v) is 18.9. The third kappa shape index (κ3) is 5.07. The van der Waals surface area contributed by atoms with E-state index in [1.165, 1.54) is 0 Å². The van der Waals surface area contributed by atoms with Crippen molar-refractivity contribution in [3.8, 4) is 23.0 Å². The minimum absolute atomic E-state index is 0.281. The fourth-order valence-electron chi connectivity index (χ4n) is 3.86. The van der Waals surface area contributed by atoms with E-state index in [1.807, 2.05) is 30.3 Å². The predicted octanol–water partition coefficient (Wildman–Crippen LogP) is 2.66. The van der Waals surface area contributed by atoms with Crippen molar-refractivity contribution in [3.05, 3.63) is 42.0 Å². The SMILES string of the molecule is CN=C(NCc1ccc(OC)c(OC)c1OC)NC1CCN(c2ccccc2OC)C1. The van der Waals surface area contributed by atoms with Crippen molar-refractivity contribution < 1.29 is 18.9 Å². The molecule has 0 amide bonds. The molecule has 1 aliphatic heterocycles. The van der Waals surface area contributed by atoms with Gasteiger partial charge in [0.1, 0.15) is 5.75 Å². The largest absolute Gasteiger partial charge is 0.495 e. The molecule has 3 rings (SSSR count). The van der Waals surface area contributed by atoms with Gasteiger partial charge in [-0.05, 0) is 30.7 Å². The first-order valence-corrected chi connectivity index (χ1v) is 10.3. The van der Waals surface area contributed by atoms with Gasteiger partial charge in [0, 0.05) is 38.3 Å². The smallest absolute Gasteiger partial charge is 0.203 e. The zero-order chi connectivity index (χ0) is 22.2. The Morgan fingerprint density at radius 1 is 0.968 bits per heavy atom. The van der Waals surface area contributed by atoms with Gasteiger partial charge in [-0.1, -0.05) is 12.1 Å². The van der Waals surface area contributed by atoms with Crippen molar-refractivity contribution in [1.82, 2.24) is 10.6 Å². The maximum absolute atomic E-state index is 5.57. The third-order valence-corrected chi connectivity index (χ3v) is 5.41. The zero-order valence-electron chi connectivity index (χ0n) is 18.9. The van der Waals surface area contributed by atoms with E-state index >= 15 is 0 Å². The Bertz CT molecular complexity index is 903. The third-order valence-electron chi connectivity index (χ3n) is 5.41. The van der Waals surface area contributed by atoms with Crippen molar-refractivity contribution in [2.45, 2.75) is 19.0 Å². The Morgan fingerprint density at radius 2 is 1.71 bits per heavy atom. The fraction of sp³-hybridized carbons (Fsp3) is 0.435. The second-order valence-corrected chi connectivity index (χ2v) is 7.17. The Morgan fingerprint density at radius 3 is 2.39 bits per heavy atom. The topological polar surface area (TPSA) is 76.6 Å². The van der Waals surface area contributed by atoms with Crippen LogP contribution in [0.3, 0.4) is 0 Å². The fourth-order valence-corrected chi connectivity index (χ4v) is 3.86. The molecule has 0 bridgehead atoms. The molecule has 1 atom stereocenters. The van der Waals surface area contributed by atoms with Crippen LogP contribution in [-0.4, -0.2) is 60.6 Å². The molecular formula is C23H32N4O4. The molecule has 1 fully saturated rings. The summed E-state index contributed by atoms with van der Waals surface area (Å²) in [6.45, 7) is 2.37. The molecule has 1 unspecified atom stereocenters. The molecule has 0 aliphatic carbocycles. The Kier molecular flexibility index (Phi) is 7.70. The highest BCUT2D eigenvalue weighted by molar-refractivity contribution is 5.80. The van der Waals surface area contributed by atoms with Gasteiger partial charge in [-0.25, -0.2) is 0 Å². The lowest BCUT2D eigenvalue weighted by Crippen LogP contribution is -2.44. The molecule has 2 N–H and O–H groups in total. The Hall–Kier alpha value is -3.29. The second kappa shape index (κ2) is 10.7. The van der Waals surface area contributed by atoms with E-state index in [9.17, 15) is 0 Å². The van der Waals surface area contributed by atoms with E-state index in [0.717, 1.165) is 42.5 Å². The standard InChI is InChI=1S/C23H32N4O4/c1-24-23(25-14-16-10-11-20(29-3)22(31-5)21(16)30-4)26-17-12-13-27(15-17)18-8-6-7-9-19(18)28-2/h6-11,17H,12-15H2,1-5H3,(H2,24,25,26). The molecule has 1 saturated heterocycles. The molecule has 2 aromatic rings. The van der Waals surface area contributed by atoms with Crippen molar-refractivity contribution in [2.24, 2.45) is 4.99 Å². The van der Waals surface area contributed by atoms with Crippen molar-refractivity contribution in [1.29, 1.82) is 0 Å². The second-order valence-electron chi connectivity index (χ2n) is 7.17. The number of para-hydroxylation sites is 2. The first-order chi connectivity index (χ1) is 15.1. The highest BCUT2D eigenvalue weighted by atomic mass is 16.5. The molecular weight excluding hydrogens is 396 g/mol. The maximum Gasteiger partial charge on any atom is 0.203 e. The lowest BCUT2D eigenvalue weighted by Gasteiger charge is -2.22. The number of rotatable bonds is 8. The van der Waals surface area contributed by atoms with Gasteiger partial charge in [-0.2, -0.15) is 0 Å². The number of hydrogen-bond acceptors (Lipinski definition) is 6. The summed E-state index contributed by atoms with van der Waals surface area (Å²) in [6, 6.07) is 12.2. The summed E-state index contributed by atoms with van der Waals surface area (Å²) in [4.78, 5) is 6.72. The number of methoxy groups -OCH3 is 4. The molecule has 1 heterocycles. The average Bonchev–Trinajstić information content (AvgIpc) is 3.29. The van der Waals surface area contributed by atoms with Crippen molar-refractivity contribution in [2.75, 3.05) is 53.5 Å². The van der Waals surface area contributed by atoms with E-state index in [4.69, 9.17) is 18.9 Å². The van der Waals surface area contributed by atoms with Crippen LogP contribution in [0.5, 0.6) is 23.0 Å². The minimum atomic E-state index is 0.281. The first kappa shape index (κ1) is 22.4. The Labute approximate surface area is 184 Å². The molecule has 0 radical (unpaired) electrons. The van der Waals surface area contributed by atoms with Gasteiger partial charge >= 0.3 is 0 Å². The van der Waals surface area contributed by atoms with Crippen LogP contribution in [0.1, 0.15) is 12.0 Å². The number of nitrogens with zero attached hydrogens (tertiary/aromatic N) is 2. The summed E-state index contributed by atoms with van der Waals surface area (Å²) in [5, 5.41) is 6.89. The summed E-state index contributed by atoms with van der Waals surface area (Å²) >= 11 is 0. The number of hydrogen-bond donors (Lipinski definition) is 2. The van der Waals surface area contributed by atoms with E-state index in [2.05, 4.69) is 26.6 Å². The molecule has 0 saturated carbocycles. The summed E-state index contributed by atoms with van der Waals surface area (Å²) in [5.41, 5.74) is 2.07. The summed E-state index contributed by atoms with van der Waals surface area (Å²) in [7, 11) is 8.31. The average molecular weight is 429 g/mol. The minimum Gasteiger partial charge on any atom is -0.495 e. The predicted molar refractivity (Wildman–Crippen MR) is 123 cm³/mol. The van der Waals surface area contributed by atoms with Gasteiger partial charge in [-0.15, -0.1) is 0 Å². The number of anilines is 1. The quantitative estimate of drug-likeness (QED) is 0.494. The molecule has 8 nitrogen and oxygen atoms in total. The van der Waals surface area contributed by atoms with Crippen LogP contribution in [-0.2, 0) is 6.54 Å². The Balaban J connectivity index is 1.62. The van der Waals surface area contributed by atoms with E-state index < -0.39 is 0 Å². The molecule has 0 aromatic heterocycles. The van der Waals surface area contributed by atoms with Gasteiger partial charge < -0.3 is 34.5 Å². The lowest BCUT2D eigenvalue weighted by atomic mass is 10.1. The van der Waals surface area contributed by atoms with Crippen LogP contribution in [0.25, 0.3) is 0 Å². The van der Waals surface area contributed by atoms with Crippen LogP contribution in [0.4, 0.5) is 5.69 Å².